The van der Waals surface area contributed by atoms with Crippen LogP contribution in [0.4, 0.5) is 5.00 Å². The first-order valence-corrected chi connectivity index (χ1v) is 13.0. The van der Waals surface area contributed by atoms with Crippen molar-refractivity contribution >= 4 is 40.1 Å². The van der Waals surface area contributed by atoms with E-state index in [1.807, 2.05) is 24.3 Å². The van der Waals surface area contributed by atoms with Crippen molar-refractivity contribution in [2.45, 2.75) is 78.4 Å². The maximum Gasteiger partial charge on any atom is 0.397 e. The minimum Gasteiger partial charge on any atom is -0.456 e. The molecule has 2 amide bonds. The summed E-state index contributed by atoms with van der Waals surface area (Å²) in [5.74, 6) is -2.96. The molecule has 1 aromatic heterocycles. The van der Waals surface area contributed by atoms with Crippen molar-refractivity contribution in [1.29, 1.82) is 0 Å². The highest BCUT2D eigenvalue weighted by atomic mass is 32.1. The summed E-state index contributed by atoms with van der Waals surface area (Å²) in [7, 11) is 0. The second kappa shape index (κ2) is 9.90. The Morgan fingerprint density at radius 1 is 0.973 bits per heavy atom. The maximum atomic E-state index is 13.6. The molecule has 0 saturated heterocycles. The van der Waals surface area contributed by atoms with E-state index in [2.05, 4.69) is 5.32 Å². The first-order chi connectivity index (χ1) is 17.2. The molecule has 0 spiro atoms. The summed E-state index contributed by atoms with van der Waals surface area (Å²) in [6.07, 6.45) is -0.580. The molecule has 1 atom stereocenters. The molecule has 0 aliphatic carbocycles. The molecule has 198 valence electrons. The third-order valence-electron chi connectivity index (χ3n) is 5.70. The lowest BCUT2D eigenvalue weighted by Gasteiger charge is -2.27. The molecule has 0 radical (unpaired) electrons. The summed E-state index contributed by atoms with van der Waals surface area (Å²) in [5.41, 5.74) is 1.23. The fraction of sp³-hybridized carbons (Fsp3) is 0.481. The average Bonchev–Trinajstić information content (AvgIpc) is 3.37. The highest BCUT2D eigenvalue weighted by Gasteiger charge is 2.40. The highest BCUT2D eigenvalue weighted by Crippen LogP contribution is 2.43. The van der Waals surface area contributed by atoms with Crippen LogP contribution in [0.15, 0.2) is 24.3 Å². The molecule has 10 heteroatoms. The van der Waals surface area contributed by atoms with Gasteiger partial charge < -0.3 is 24.4 Å². The molecule has 2 aliphatic heterocycles. The number of anilines is 1. The molecule has 37 heavy (non-hydrogen) atoms. The Labute approximate surface area is 220 Å². The van der Waals surface area contributed by atoms with Crippen LogP contribution in [0.25, 0.3) is 0 Å². The molecule has 9 nitrogen and oxygen atoms in total. The Balaban J connectivity index is 1.66. The van der Waals surface area contributed by atoms with Gasteiger partial charge in [-0.05, 0) is 64.7 Å². The van der Waals surface area contributed by atoms with E-state index in [0.717, 1.165) is 22.5 Å². The van der Waals surface area contributed by atoms with E-state index in [4.69, 9.17) is 14.2 Å². The summed E-state index contributed by atoms with van der Waals surface area (Å²) in [6, 6.07) is 7.86. The van der Waals surface area contributed by atoms with Gasteiger partial charge in [-0.1, -0.05) is 24.3 Å². The van der Waals surface area contributed by atoms with Crippen LogP contribution in [0.3, 0.4) is 0 Å². The number of thiophene rings is 1. The molecule has 0 fully saturated rings. The fourth-order valence-corrected chi connectivity index (χ4v) is 5.52. The first-order valence-electron chi connectivity index (χ1n) is 12.1. The van der Waals surface area contributed by atoms with Crippen molar-refractivity contribution in [1.82, 2.24) is 4.90 Å². The SMILES string of the molecule is CC(C)(C)OC(=O)C(=O)Nc1sc2c(c1C(=O)OC(C)(C)C)CCOC2C(=O)N1Cc2ccccc2C1. The van der Waals surface area contributed by atoms with Crippen LogP contribution < -0.4 is 5.32 Å². The van der Waals surface area contributed by atoms with Gasteiger partial charge in [0.2, 0.25) is 0 Å². The van der Waals surface area contributed by atoms with Crippen molar-refractivity contribution in [3.63, 3.8) is 0 Å². The van der Waals surface area contributed by atoms with Gasteiger partial charge in [-0.2, -0.15) is 0 Å². The quantitative estimate of drug-likeness (QED) is 0.471. The Morgan fingerprint density at radius 2 is 1.57 bits per heavy atom. The van der Waals surface area contributed by atoms with Crippen LogP contribution in [0.5, 0.6) is 0 Å². The van der Waals surface area contributed by atoms with Crippen LogP contribution >= 0.6 is 11.3 Å². The maximum absolute atomic E-state index is 13.6. The van der Waals surface area contributed by atoms with Crippen molar-refractivity contribution < 1.29 is 33.4 Å². The zero-order chi connectivity index (χ0) is 27.1. The standard InChI is InChI=1S/C27H32N2O7S/c1-26(2,3)35-24(32)18-17-11-12-34-19(23(31)29-13-15-9-7-8-10-16(15)14-29)20(17)37-22(18)28-21(30)25(33)36-27(4,5)6/h7-10,19H,11-14H2,1-6H3,(H,28,30). The zero-order valence-electron chi connectivity index (χ0n) is 21.9. The molecule has 0 bridgehead atoms. The van der Waals surface area contributed by atoms with E-state index in [-0.39, 0.29) is 23.1 Å². The number of nitrogens with one attached hydrogen (secondary N) is 1. The number of hydrogen-bond donors (Lipinski definition) is 1. The smallest absolute Gasteiger partial charge is 0.397 e. The van der Waals surface area contributed by atoms with Crippen LogP contribution in [0, 0.1) is 0 Å². The van der Waals surface area contributed by atoms with Crippen LogP contribution in [0.1, 0.15) is 79.6 Å². The minimum absolute atomic E-state index is 0.128. The molecule has 1 unspecified atom stereocenters. The van der Waals surface area contributed by atoms with E-state index >= 15 is 0 Å². The normalized spacial score (nSPS) is 17.0. The van der Waals surface area contributed by atoms with Crippen molar-refractivity contribution in [3.05, 3.63) is 51.4 Å². The minimum atomic E-state index is -1.08. The lowest BCUT2D eigenvalue weighted by Crippen LogP contribution is -2.34. The average molecular weight is 529 g/mol. The summed E-state index contributed by atoms with van der Waals surface area (Å²) in [6.45, 7) is 11.3. The molecule has 0 saturated carbocycles. The van der Waals surface area contributed by atoms with Gasteiger partial charge in [-0.3, -0.25) is 9.59 Å². The van der Waals surface area contributed by atoms with Crippen LogP contribution in [-0.4, -0.2) is 46.5 Å². The molecule has 1 aromatic carbocycles. The molecule has 4 rings (SSSR count). The number of rotatable bonds is 3. The number of fused-ring (bicyclic) bond motifs is 2. The van der Waals surface area contributed by atoms with Crippen molar-refractivity contribution in [3.8, 4) is 0 Å². The van der Waals surface area contributed by atoms with Gasteiger partial charge in [-0.25, -0.2) is 9.59 Å². The van der Waals surface area contributed by atoms with Crippen LogP contribution in [-0.2, 0) is 48.1 Å². The number of esters is 2. The first kappa shape index (κ1) is 26.8. The summed E-state index contributed by atoms with van der Waals surface area (Å²) in [5, 5.41) is 2.65. The number of nitrogens with zero attached hydrogens (tertiary/aromatic N) is 1. The second-order valence-corrected chi connectivity index (χ2v) is 12.1. The summed E-state index contributed by atoms with van der Waals surface area (Å²) in [4.78, 5) is 54.1. The monoisotopic (exact) mass is 528 g/mol. The van der Waals surface area contributed by atoms with E-state index in [1.165, 1.54) is 0 Å². The summed E-state index contributed by atoms with van der Waals surface area (Å²) < 4.78 is 16.7. The molecule has 1 N–H and O–H groups in total. The third kappa shape index (κ3) is 6.02. The number of ether oxygens (including phenoxy) is 3. The van der Waals surface area contributed by atoms with E-state index < -0.39 is 35.2 Å². The van der Waals surface area contributed by atoms with Gasteiger partial charge in [0, 0.05) is 18.0 Å². The van der Waals surface area contributed by atoms with E-state index in [0.29, 0.717) is 30.0 Å². The predicted octanol–water partition coefficient (Wildman–Crippen LogP) is 4.14. The Hall–Kier alpha value is -3.24. The number of benzene rings is 1. The Morgan fingerprint density at radius 3 is 2.14 bits per heavy atom. The van der Waals surface area contributed by atoms with Gasteiger partial charge in [0.15, 0.2) is 6.10 Å². The molecular formula is C27H32N2O7S. The largest absolute Gasteiger partial charge is 0.456 e. The van der Waals surface area contributed by atoms with E-state index in [1.54, 1.807) is 46.4 Å². The van der Waals surface area contributed by atoms with Crippen molar-refractivity contribution in [2.24, 2.45) is 0 Å². The third-order valence-corrected chi connectivity index (χ3v) is 6.89. The highest BCUT2D eigenvalue weighted by molar-refractivity contribution is 7.17. The fourth-order valence-electron chi connectivity index (χ4n) is 4.25. The van der Waals surface area contributed by atoms with Crippen LogP contribution in [0.2, 0.25) is 0 Å². The molecule has 2 aromatic rings. The van der Waals surface area contributed by atoms with Gasteiger partial charge in [0.05, 0.1) is 12.2 Å². The topological polar surface area (TPSA) is 111 Å². The predicted molar refractivity (Wildman–Crippen MR) is 137 cm³/mol. The number of carbonyl (C=O) groups excluding carboxylic acids is 4. The number of amides is 2. The molecule has 2 aliphatic rings. The number of carbonyl (C=O) groups is 4. The summed E-state index contributed by atoms with van der Waals surface area (Å²) >= 11 is 1.05. The van der Waals surface area contributed by atoms with E-state index in [9.17, 15) is 19.2 Å². The van der Waals surface area contributed by atoms with Gasteiger partial charge >= 0.3 is 17.8 Å². The van der Waals surface area contributed by atoms with Gasteiger partial charge in [0.1, 0.15) is 16.2 Å². The lowest BCUT2D eigenvalue weighted by molar-refractivity contribution is -0.161. The zero-order valence-corrected chi connectivity index (χ0v) is 22.7. The number of hydrogen-bond acceptors (Lipinski definition) is 8. The van der Waals surface area contributed by atoms with Crippen molar-refractivity contribution in [2.75, 3.05) is 11.9 Å². The molecule has 3 heterocycles. The Bertz CT molecular complexity index is 1230. The molecular weight excluding hydrogens is 496 g/mol. The lowest BCUT2D eigenvalue weighted by atomic mass is 10.0. The Kier molecular flexibility index (Phi) is 7.18. The van der Waals surface area contributed by atoms with Gasteiger partial charge in [0.25, 0.3) is 5.91 Å². The second-order valence-electron chi connectivity index (χ2n) is 11.1. The van der Waals surface area contributed by atoms with Gasteiger partial charge in [-0.15, -0.1) is 11.3 Å².